The van der Waals surface area contributed by atoms with E-state index in [0.717, 1.165) is 27.2 Å². The van der Waals surface area contributed by atoms with E-state index in [1.54, 1.807) is 0 Å². The summed E-state index contributed by atoms with van der Waals surface area (Å²) in [5.41, 5.74) is -1.14. The second-order valence-corrected chi connectivity index (χ2v) is 40.2. The zero-order valence-corrected chi connectivity index (χ0v) is 60.4. The molecule has 0 aliphatic carbocycles. The van der Waals surface area contributed by atoms with E-state index < -0.39 is 119 Å². The minimum atomic E-state index is -3.23. The van der Waals surface area contributed by atoms with E-state index in [2.05, 4.69) is 139 Å². The van der Waals surface area contributed by atoms with Crippen molar-refractivity contribution in [2.75, 3.05) is 26.4 Å². The van der Waals surface area contributed by atoms with E-state index in [1.807, 2.05) is 79.7 Å². The van der Waals surface area contributed by atoms with Gasteiger partial charge in [-0.1, -0.05) is 163 Å². The molecule has 0 aromatic heterocycles. The van der Waals surface area contributed by atoms with Gasteiger partial charge >= 0.3 is 11.9 Å². The lowest BCUT2D eigenvalue weighted by Crippen LogP contribution is -2.73. The Kier molecular flexibility index (Phi) is 23.1. The first kappa shape index (κ1) is 73.4. The molecule has 18 atom stereocenters. The summed E-state index contributed by atoms with van der Waals surface area (Å²) in [5, 5.41) is 47.2. The fraction of sp³-hybridized carbons (Fsp3) is 0.653. The highest BCUT2D eigenvalue weighted by Crippen LogP contribution is 2.49. The number of hydrogen-bond acceptors (Lipinski definition) is 18. The number of ether oxygens (including phenoxy) is 10. The number of fused-ring (bicyclic) bond motifs is 4. The third-order valence-corrected chi connectivity index (χ3v) is 30.1. The third kappa shape index (κ3) is 16.1. The fourth-order valence-corrected chi connectivity index (χ4v) is 24.6. The molecule has 0 spiro atoms. The van der Waals surface area contributed by atoms with Crippen molar-refractivity contribution < 1.29 is 86.2 Å². The highest BCUT2D eigenvalue weighted by atomic mass is 28.4. The third-order valence-electron chi connectivity index (χ3n) is 20.0. The quantitative estimate of drug-likeness (QED) is 0.0515. The topological polar surface area (TPSA) is 226 Å². The lowest BCUT2D eigenvalue weighted by Gasteiger charge is -2.53. The molecule has 7 heterocycles. The van der Waals surface area contributed by atoms with Gasteiger partial charge in [-0.25, -0.2) is 0 Å². The van der Waals surface area contributed by atoms with Crippen molar-refractivity contribution in [1.82, 2.24) is 0 Å². The van der Waals surface area contributed by atoms with Crippen LogP contribution in [0.4, 0.5) is 0 Å². The highest BCUT2D eigenvalue weighted by Gasteiger charge is 2.65. The average molecular weight is 1350 g/mol. The minimum absolute atomic E-state index is 0.132. The molecule has 0 bridgehead atoms. The van der Waals surface area contributed by atoms with Crippen LogP contribution >= 0.6 is 0 Å². The molecule has 7 aliphatic heterocycles. The van der Waals surface area contributed by atoms with E-state index in [9.17, 15) is 30.0 Å². The monoisotopic (exact) mass is 1350 g/mol. The SMILES string of the molecule is CC(C)(C)C(=O)OCC[C@H]1CC[C@@H]2O[C@@H]3[C@@H](O[C@H](C[C@@H](O)CO)[C@@H]3O[Si](c3ccccc3)(c3ccccc3)C(C)(C)C)[C@@H](O[Si](c3ccccc3)(c3ccccc3)C(C)(C)C)[C@H]2O1.CC1(C)OC[C@@H](C[C@H]2O[C@H]3[C@@H](O)[C@H]4O[C@@H](CCOC(=O)C(C)(C)C)CC[C@@H]4O[C@H]3[C@H]2O)O1. The number of carbonyl (C=O) groups is 2. The Labute approximate surface area is 565 Å². The molecule has 4 aromatic carbocycles. The van der Waals surface area contributed by atoms with Crippen molar-refractivity contribution in [3.63, 3.8) is 0 Å². The van der Waals surface area contributed by atoms with Crippen LogP contribution in [0.15, 0.2) is 121 Å². The zero-order valence-electron chi connectivity index (χ0n) is 58.4. The number of hydrogen-bond donors (Lipinski definition) is 4. The van der Waals surface area contributed by atoms with Gasteiger partial charge < -0.3 is 76.6 Å². The van der Waals surface area contributed by atoms with Gasteiger partial charge in [0.05, 0.1) is 86.1 Å². The van der Waals surface area contributed by atoms with Gasteiger partial charge in [0, 0.05) is 25.7 Å². The van der Waals surface area contributed by atoms with Crippen molar-refractivity contribution in [3.05, 3.63) is 121 Å². The van der Waals surface area contributed by atoms with Crippen LogP contribution in [0.3, 0.4) is 0 Å². The molecule has 7 aliphatic rings. The Morgan fingerprint density at radius 2 is 0.905 bits per heavy atom. The number of carbonyl (C=O) groups excluding carboxylic acids is 2. The van der Waals surface area contributed by atoms with Crippen LogP contribution in [-0.2, 0) is 65.8 Å². The van der Waals surface area contributed by atoms with E-state index in [4.69, 9.17) is 56.2 Å². The summed E-state index contributed by atoms with van der Waals surface area (Å²) in [4.78, 5) is 24.7. The maximum atomic E-state index is 12.8. The van der Waals surface area contributed by atoms with E-state index in [1.165, 1.54) is 0 Å². The van der Waals surface area contributed by atoms with Gasteiger partial charge in [0.15, 0.2) is 5.79 Å². The number of aliphatic hydroxyl groups excluding tert-OH is 4. The lowest BCUT2D eigenvalue weighted by atomic mass is 9.88. The predicted octanol–water partition coefficient (Wildman–Crippen LogP) is 7.99. The molecule has 0 unspecified atom stereocenters. The molecule has 0 saturated carbocycles. The van der Waals surface area contributed by atoms with Crippen LogP contribution in [0.2, 0.25) is 10.1 Å². The molecule has 0 radical (unpaired) electrons. The maximum absolute atomic E-state index is 12.8. The van der Waals surface area contributed by atoms with Gasteiger partial charge in [-0.2, -0.15) is 0 Å². The summed E-state index contributed by atoms with van der Waals surface area (Å²) < 4.78 is 78.7. The first-order chi connectivity index (χ1) is 44.8. The Morgan fingerprint density at radius 1 is 0.505 bits per heavy atom. The molecule has 4 N–H and O–H groups in total. The van der Waals surface area contributed by atoms with Crippen molar-refractivity contribution in [3.8, 4) is 0 Å². The van der Waals surface area contributed by atoms with Crippen LogP contribution in [0.5, 0.6) is 0 Å². The highest BCUT2D eigenvalue weighted by molar-refractivity contribution is 7.00. The van der Waals surface area contributed by atoms with Crippen LogP contribution in [0.25, 0.3) is 0 Å². The van der Waals surface area contributed by atoms with Crippen LogP contribution in [0, 0.1) is 10.8 Å². The fourth-order valence-electron chi connectivity index (χ4n) is 15.2. The molecule has 11 rings (SSSR count). The Hall–Kier alpha value is -4.31. The maximum Gasteiger partial charge on any atom is 0.311 e. The summed E-state index contributed by atoms with van der Waals surface area (Å²) in [6, 6.07) is 42.3. The molecule has 7 fully saturated rings. The largest absolute Gasteiger partial charge is 0.465 e. The number of benzene rings is 4. The van der Waals surface area contributed by atoms with Crippen molar-refractivity contribution in [2.45, 2.75) is 274 Å². The van der Waals surface area contributed by atoms with E-state index >= 15 is 0 Å². The summed E-state index contributed by atoms with van der Waals surface area (Å²) in [7, 11) is -6.43. The Morgan fingerprint density at radius 3 is 1.33 bits per heavy atom. The second-order valence-electron chi connectivity index (χ2n) is 31.7. The number of aliphatic hydroxyl groups is 4. The van der Waals surface area contributed by atoms with Crippen molar-refractivity contribution in [2.24, 2.45) is 10.8 Å². The van der Waals surface area contributed by atoms with Gasteiger partial charge in [0.1, 0.15) is 61.0 Å². The predicted molar refractivity (Wildman–Crippen MR) is 365 cm³/mol. The Bertz CT molecular complexity index is 3020. The molecule has 20 heteroatoms. The normalized spacial score (nSPS) is 32.0. The zero-order chi connectivity index (χ0) is 68.5. The molecule has 0 amide bonds. The number of esters is 2. The summed E-state index contributed by atoms with van der Waals surface area (Å²) in [6.45, 7) is 28.9. The minimum Gasteiger partial charge on any atom is -0.465 e. The molecular formula is C75H108O18Si2. The molecule has 4 aromatic rings. The standard InChI is InChI=1S/C52H70O9Si2.C23H38O9/c1-50(2,3)49(55)56-33-32-37-30-31-42-44(57-37)48(61-63(52(7,8)9,40-26-18-12-19-27-40)41-28-20-13-21-29-41)47-46(58-42)45(43(59-47)34-36(54)35-53)60-62(51(4,5)6,38-22-14-10-15-23-38)39-24-16-11-17-25-39;1-22(2,3)21(26)27-9-8-12-6-7-14-18(29-12)17(25)20-19(30-14)16(24)15(31-20)10-13-11-28-23(4,5)32-13/h10-29,36-37,42-48,53-54H,30-35H2,1-9H3;12-20,24-25H,6-11H2,1-5H3/t36-,37-,42+,43-,44+,45+,46+,47-,48+;12-,13-,14+,15-,16+,17+,18+,19+,20+/m11/s1. The van der Waals surface area contributed by atoms with Crippen LogP contribution < -0.4 is 20.7 Å². The summed E-state index contributed by atoms with van der Waals surface area (Å²) >= 11 is 0. The van der Waals surface area contributed by atoms with Gasteiger partial charge in [-0.05, 0) is 112 Å². The molecular weight excluding hydrogens is 1240 g/mol. The molecule has 7 saturated heterocycles. The lowest BCUT2D eigenvalue weighted by molar-refractivity contribution is -0.260. The van der Waals surface area contributed by atoms with E-state index in [-0.39, 0.29) is 72.2 Å². The first-order valence-electron chi connectivity index (χ1n) is 34.7. The smallest absolute Gasteiger partial charge is 0.311 e. The second kappa shape index (κ2) is 29.9. The van der Waals surface area contributed by atoms with Crippen molar-refractivity contribution >= 4 is 49.3 Å². The number of rotatable bonds is 19. The van der Waals surface area contributed by atoms with Crippen LogP contribution in [0.1, 0.15) is 148 Å². The van der Waals surface area contributed by atoms with Crippen LogP contribution in [-0.4, -0.2) is 191 Å². The Balaban J connectivity index is 0.000000256. The first-order valence-corrected chi connectivity index (χ1v) is 38.5. The molecule has 524 valence electrons. The summed E-state index contributed by atoms with van der Waals surface area (Å²) in [5.74, 6) is -1.12. The van der Waals surface area contributed by atoms with Gasteiger partial charge in [-0.15, -0.1) is 0 Å². The molecule has 18 nitrogen and oxygen atoms in total. The van der Waals surface area contributed by atoms with Crippen molar-refractivity contribution in [1.29, 1.82) is 0 Å². The van der Waals surface area contributed by atoms with Gasteiger partial charge in [-0.3, -0.25) is 9.59 Å². The van der Waals surface area contributed by atoms with E-state index in [0.29, 0.717) is 45.1 Å². The average Bonchev–Trinajstić information content (AvgIpc) is 1.71. The molecule has 95 heavy (non-hydrogen) atoms. The van der Waals surface area contributed by atoms with Gasteiger partial charge in [0.25, 0.3) is 16.6 Å². The van der Waals surface area contributed by atoms with Gasteiger partial charge in [0.2, 0.25) is 0 Å². The summed E-state index contributed by atoms with van der Waals surface area (Å²) in [6.07, 6.45) is -5.44.